The van der Waals surface area contributed by atoms with Gasteiger partial charge in [-0.3, -0.25) is 0 Å². The number of hydrogen-bond donors (Lipinski definition) is 1. The Kier molecular flexibility index (Phi) is 6.20. The average Bonchev–Trinajstić information content (AvgIpc) is 2.26. The highest BCUT2D eigenvalue weighted by molar-refractivity contribution is 4.67. The lowest BCUT2D eigenvalue weighted by atomic mass is 10.0. The van der Waals surface area contributed by atoms with Gasteiger partial charge in [-0.15, -0.1) is 0 Å². The van der Waals surface area contributed by atoms with Crippen LogP contribution in [0, 0.1) is 5.92 Å². The molecule has 1 fully saturated rings. The molecule has 1 rings (SSSR count). The lowest BCUT2D eigenvalue weighted by Gasteiger charge is -2.23. The van der Waals surface area contributed by atoms with Gasteiger partial charge in [0, 0.05) is 13.2 Å². The predicted molar refractivity (Wildman–Crippen MR) is 60.5 cm³/mol. The predicted octanol–water partition coefficient (Wildman–Crippen LogP) is 2.58. The van der Waals surface area contributed by atoms with Crippen molar-refractivity contribution >= 4 is 0 Å². The Hall–Kier alpha value is -0.0800. The molecule has 0 aromatic carbocycles. The molecule has 1 aliphatic rings. The van der Waals surface area contributed by atoms with E-state index < -0.39 is 0 Å². The van der Waals surface area contributed by atoms with Crippen LogP contribution >= 0.6 is 0 Å². The van der Waals surface area contributed by atoms with Gasteiger partial charge in [0.05, 0.1) is 6.10 Å². The van der Waals surface area contributed by atoms with Gasteiger partial charge in [0.25, 0.3) is 0 Å². The molecule has 1 unspecified atom stereocenters. The number of rotatable bonds is 6. The van der Waals surface area contributed by atoms with Crippen molar-refractivity contribution in [2.45, 2.75) is 52.1 Å². The number of nitrogens with one attached hydrogen (secondary N) is 1. The molecule has 0 radical (unpaired) electrons. The zero-order valence-corrected chi connectivity index (χ0v) is 9.72. The van der Waals surface area contributed by atoms with Gasteiger partial charge >= 0.3 is 0 Å². The second-order valence-electron chi connectivity index (χ2n) is 4.33. The van der Waals surface area contributed by atoms with Crippen LogP contribution in [0.4, 0.5) is 0 Å². The van der Waals surface area contributed by atoms with Crippen LogP contribution in [0.2, 0.25) is 0 Å². The maximum Gasteiger partial charge on any atom is 0.0699 e. The molecule has 1 saturated heterocycles. The maximum atomic E-state index is 5.66. The van der Waals surface area contributed by atoms with Gasteiger partial charge in [-0.25, -0.2) is 0 Å². The highest BCUT2D eigenvalue weighted by Gasteiger charge is 2.13. The van der Waals surface area contributed by atoms with Gasteiger partial charge in [-0.05, 0) is 31.7 Å². The van der Waals surface area contributed by atoms with E-state index in [2.05, 4.69) is 19.2 Å². The van der Waals surface area contributed by atoms with E-state index in [4.69, 9.17) is 4.74 Å². The highest BCUT2D eigenvalue weighted by atomic mass is 16.5. The molecule has 84 valence electrons. The zero-order valence-electron chi connectivity index (χ0n) is 9.72. The third-order valence-corrected chi connectivity index (χ3v) is 3.23. The summed E-state index contributed by atoms with van der Waals surface area (Å²) in [7, 11) is 0. The van der Waals surface area contributed by atoms with Crippen molar-refractivity contribution < 1.29 is 4.74 Å². The minimum atomic E-state index is 0.484. The molecule has 0 aliphatic carbocycles. The summed E-state index contributed by atoms with van der Waals surface area (Å²) < 4.78 is 5.66. The fourth-order valence-corrected chi connectivity index (χ4v) is 1.99. The van der Waals surface area contributed by atoms with E-state index in [1.54, 1.807) is 0 Å². The van der Waals surface area contributed by atoms with Crippen LogP contribution in [0.15, 0.2) is 0 Å². The summed E-state index contributed by atoms with van der Waals surface area (Å²) in [6, 6.07) is 0. The average molecular weight is 199 g/mol. The van der Waals surface area contributed by atoms with E-state index in [0.29, 0.717) is 6.10 Å². The van der Waals surface area contributed by atoms with Crippen molar-refractivity contribution in [3.8, 4) is 0 Å². The van der Waals surface area contributed by atoms with Crippen LogP contribution in [-0.2, 0) is 4.74 Å². The van der Waals surface area contributed by atoms with Crippen molar-refractivity contribution in [1.82, 2.24) is 5.32 Å². The Morgan fingerprint density at radius 2 is 2.07 bits per heavy atom. The molecule has 0 aromatic heterocycles. The van der Waals surface area contributed by atoms with Gasteiger partial charge in [-0.2, -0.15) is 0 Å². The third kappa shape index (κ3) is 4.43. The van der Waals surface area contributed by atoms with Gasteiger partial charge in [0.15, 0.2) is 0 Å². The van der Waals surface area contributed by atoms with E-state index >= 15 is 0 Å². The summed E-state index contributed by atoms with van der Waals surface area (Å²) in [6.07, 6.45) is 6.90. The van der Waals surface area contributed by atoms with Crippen LogP contribution in [0.1, 0.15) is 46.0 Å². The zero-order chi connectivity index (χ0) is 10.2. The fourth-order valence-electron chi connectivity index (χ4n) is 1.99. The molecule has 2 nitrogen and oxygen atoms in total. The first kappa shape index (κ1) is 12.0. The summed E-state index contributed by atoms with van der Waals surface area (Å²) in [5.41, 5.74) is 0. The molecule has 0 amide bonds. The Bertz CT molecular complexity index is 128. The van der Waals surface area contributed by atoms with Crippen molar-refractivity contribution in [2.75, 3.05) is 19.7 Å². The molecule has 1 aliphatic heterocycles. The SMILES string of the molecule is CCC(CC)CNCC1CCCCO1. The molecule has 1 atom stereocenters. The first-order valence-corrected chi connectivity index (χ1v) is 6.19. The van der Waals surface area contributed by atoms with E-state index in [9.17, 15) is 0 Å². The first-order chi connectivity index (χ1) is 6.86. The molecule has 0 bridgehead atoms. The molecule has 0 spiro atoms. The molecule has 2 heteroatoms. The monoisotopic (exact) mass is 199 g/mol. The normalized spacial score (nSPS) is 22.9. The molecule has 1 N–H and O–H groups in total. The Labute approximate surface area is 88.4 Å². The topological polar surface area (TPSA) is 21.3 Å². The standard InChI is InChI=1S/C12H25NO/c1-3-11(4-2)9-13-10-12-7-5-6-8-14-12/h11-13H,3-10H2,1-2H3. The molecular weight excluding hydrogens is 174 g/mol. The highest BCUT2D eigenvalue weighted by Crippen LogP contribution is 2.12. The van der Waals surface area contributed by atoms with Gasteiger partial charge in [0.1, 0.15) is 0 Å². The van der Waals surface area contributed by atoms with Crippen molar-refractivity contribution in [2.24, 2.45) is 5.92 Å². The minimum Gasteiger partial charge on any atom is -0.377 e. The largest absolute Gasteiger partial charge is 0.377 e. The Morgan fingerprint density at radius 3 is 2.64 bits per heavy atom. The van der Waals surface area contributed by atoms with E-state index in [-0.39, 0.29) is 0 Å². The summed E-state index contributed by atoms with van der Waals surface area (Å²) >= 11 is 0. The van der Waals surface area contributed by atoms with E-state index in [1.165, 1.54) is 32.1 Å². The van der Waals surface area contributed by atoms with Crippen LogP contribution < -0.4 is 5.32 Å². The molecular formula is C12H25NO. The number of hydrogen-bond acceptors (Lipinski definition) is 2. The quantitative estimate of drug-likeness (QED) is 0.710. The third-order valence-electron chi connectivity index (χ3n) is 3.23. The maximum absolute atomic E-state index is 5.66. The summed E-state index contributed by atoms with van der Waals surface area (Å²) in [5, 5.41) is 3.53. The van der Waals surface area contributed by atoms with Crippen LogP contribution in [0.5, 0.6) is 0 Å². The van der Waals surface area contributed by atoms with Crippen molar-refractivity contribution in [3.63, 3.8) is 0 Å². The van der Waals surface area contributed by atoms with E-state index in [1.807, 2.05) is 0 Å². The van der Waals surface area contributed by atoms with Crippen LogP contribution in [-0.4, -0.2) is 25.8 Å². The van der Waals surface area contributed by atoms with Gasteiger partial charge in [-0.1, -0.05) is 26.7 Å². The number of ether oxygens (including phenoxy) is 1. The second-order valence-corrected chi connectivity index (χ2v) is 4.33. The smallest absolute Gasteiger partial charge is 0.0699 e. The van der Waals surface area contributed by atoms with Crippen LogP contribution in [0.3, 0.4) is 0 Å². The van der Waals surface area contributed by atoms with E-state index in [0.717, 1.165) is 25.6 Å². The minimum absolute atomic E-state index is 0.484. The van der Waals surface area contributed by atoms with Gasteiger partial charge < -0.3 is 10.1 Å². The van der Waals surface area contributed by atoms with Crippen molar-refractivity contribution in [1.29, 1.82) is 0 Å². The van der Waals surface area contributed by atoms with Gasteiger partial charge in [0.2, 0.25) is 0 Å². The Morgan fingerprint density at radius 1 is 1.29 bits per heavy atom. The lowest BCUT2D eigenvalue weighted by molar-refractivity contribution is 0.0165. The molecule has 14 heavy (non-hydrogen) atoms. The molecule has 0 saturated carbocycles. The Balaban J connectivity index is 2.01. The van der Waals surface area contributed by atoms with Crippen LogP contribution in [0.25, 0.3) is 0 Å². The fraction of sp³-hybridized carbons (Fsp3) is 1.00. The van der Waals surface area contributed by atoms with Crippen molar-refractivity contribution in [3.05, 3.63) is 0 Å². The summed E-state index contributed by atoms with van der Waals surface area (Å²) in [5.74, 6) is 0.846. The summed E-state index contributed by atoms with van der Waals surface area (Å²) in [4.78, 5) is 0. The first-order valence-electron chi connectivity index (χ1n) is 6.19. The summed E-state index contributed by atoms with van der Waals surface area (Å²) in [6.45, 7) is 7.72. The molecule has 1 heterocycles. The second kappa shape index (κ2) is 7.24. The molecule has 0 aromatic rings. The lowest BCUT2D eigenvalue weighted by Crippen LogP contribution is -2.34.